The number of nitrogens with zero attached hydrogens (tertiary/aromatic N) is 2. The molecule has 0 atom stereocenters. The van der Waals surface area contributed by atoms with Gasteiger partial charge in [-0.25, -0.2) is 0 Å². The molecule has 2 aromatic rings. The minimum absolute atomic E-state index is 0.00525. The fourth-order valence-corrected chi connectivity index (χ4v) is 2.15. The fourth-order valence-electron chi connectivity index (χ4n) is 2.15. The molecule has 2 rings (SSSR count). The van der Waals surface area contributed by atoms with Crippen molar-refractivity contribution in [3.63, 3.8) is 0 Å². The van der Waals surface area contributed by atoms with Gasteiger partial charge in [-0.05, 0) is 29.2 Å². The van der Waals surface area contributed by atoms with Crippen LogP contribution in [-0.2, 0) is 18.1 Å². The zero-order valence-electron chi connectivity index (χ0n) is 13.8. The third kappa shape index (κ3) is 4.59. The van der Waals surface area contributed by atoms with Gasteiger partial charge in [-0.1, -0.05) is 32.9 Å². The van der Waals surface area contributed by atoms with Gasteiger partial charge in [-0.2, -0.15) is 18.3 Å². The van der Waals surface area contributed by atoms with Gasteiger partial charge in [0.25, 0.3) is 5.91 Å². The van der Waals surface area contributed by atoms with Crippen LogP contribution in [0.3, 0.4) is 0 Å². The van der Waals surface area contributed by atoms with E-state index in [1.807, 2.05) is 12.1 Å². The first-order chi connectivity index (χ1) is 11.1. The minimum atomic E-state index is -4.46. The molecule has 1 aromatic heterocycles. The van der Waals surface area contributed by atoms with Crippen molar-refractivity contribution >= 4 is 5.91 Å². The van der Waals surface area contributed by atoms with E-state index in [0.717, 1.165) is 16.3 Å². The Labute approximate surface area is 138 Å². The van der Waals surface area contributed by atoms with E-state index in [1.54, 1.807) is 12.1 Å². The van der Waals surface area contributed by atoms with Crippen LogP contribution in [-0.4, -0.2) is 22.2 Å². The highest BCUT2D eigenvalue weighted by Gasteiger charge is 2.33. The summed E-state index contributed by atoms with van der Waals surface area (Å²) in [5, 5.41) is 6.10. The van der Waals surface area contributed by atoms with Crippen LogP contribution in [0.2, 0.25) is 0 Å². The number of carbonyl (C=O) groups is 1. The van der Waals surface area contributed by atoms with E-state index in [2.05, 4.69) is 31.2 Å². The molecule has 7 heteroatoms. The predicted molar refractivity (Wildman–Crippen MR) is 84.7 cm³/mol. The van der Waals surface area contributed by atoms with Gasteiger partial charge in [0.2, 0.25) is 0 Å². The number of hydrogen-bond acceptors (Lipinski definition) is 2. The lowest BCUT2D eigenvalue weighted by molar-refractivity contribution is -0.141. The molecule has 130 valence electrons. The third-order valence-corrected chi connectivity index (χ3v) is 3.57. The molecule has 0 aliphatic heterocycles. The Morgan fingerprint density at radius 2 is 1.75 bits per heavy atom. The van der Waals surface area contributed by atoms with Crippen molar-refractivity contribution in [2.75, 3.05) is 6.54 Å². The first-order valence-corrected chi connectivity index (χ1v) is 7.57. The van der Waals surface area contributed by atoms with Gasteiger partial charge in [0.05, 0.1) is 6.54 Å². The van der Waals surface area contributed by atoms with Crippen molar-refractivity contribution in [3.8, 4) is 0 Å². The molecular weight excluding hydrogens is 319 g/mol. The zero-order chi connectivity index (χ0) is 18.0. The zero-order valence-corrected chi connectivity index (χ0v) is 13.8. The molecule has 0 spiro atoms. The van der Waals surface area contributed by atoms with Gasteiger partial charge in [-0.15, -0.1) is 0 Å². The van der Waals surface area contributed by atoms with Crippen LogP contribution in [0.5, 0.6) is 0 Å². The average Bonchev–Trinajstić information content (AvgIpc) is 2.95. The van der Waals surface area contributed by atoms with E-state index >= 15 is 0 Å². The number of rotatable bonds is 4. The van der Waals surface area contributed by atoms with Crippen LogP contribution < -0.4 is 5.32 Å². The average molecular weight is 339 g/mol. The van der Waals surface area contributed by atoms with Crippen LogP contribution in [0.1, 0.15) is 42.4 Å². The second-order valence-electron chi connectivity index (χ2n) is 6.55. The van der Waals surface area contributed by atoms with E-state index in [9.17, 15) is 18.0 Å². The van der Waals surface area contributed by atoms with Gasteiger partial charge >= 0.3 is 6.18 Å². The van der Waals surface area contributed by atoms with Gasteiger partial charge < -0.3 is 5.32 Å². The highest BCUT2D eigenvalue weighted by Crippen LogP contribution is 2.27. The van der Waals surface area contributed by atoms with E-state index in [-0.39, 0.29) is 24.4 Å². The van der Waals surface area contributed by atoms with Gasteiger partial charge in [0.15, 0.2) is 5.69 Å². The molecule has 0 bridgehead atoms. The number of amides is 1. The van der Waals surface area contributed by atoms with Crippen molar-refractivity contribution in [2.24, 2.45) is 0 Å². The quantitative estimate of drug-likeness (QED) is 0.925. The number of benzene rings is 1. The smallest absolute Gasteiger partial charge is 0.350 e. The normalized spacial score (nSPS) is 12.2. The number of aromatic nitrogens is 2. The Morgan fingerprint density at radius 1 is 1.12 bits per heavy atom. The van der Waals surface area contributed by atoms with Crippen LogP contribution in [0.4, 0.5) is 13.2 Å². The molecule has 1 aromatic carbocycles. The second-order valence-corrected chi connectivity index (χ2v) is 6.55. The van der Waals surface area contributed by atoms with Crippen LogP contribution in [0, 0.1) is 0 Å². The Morgan fingerprint density at radius 3 is 2.25 bits per heavy atom. The summed E-state index contributed by atoms with van der Waals surface area (Å²) in [7, 11) is 0. The molecule has 0 saturated heterocycles. The van der Waals surface area contributed by atoms with E-state index in [0.29, 0.717) is 5.56 Å². The lowest BCUT2D eigenvalue weighted by Gasteiger charge is -2.19. The Kier molecular flexibility index (Phi) is 5.01. The predicted octanol–water partition coefficient (Wildman–Crippen LogP) is 3.63. The van der Waals surface area contributed by atoms with Crippen molar-refractivity contribution in [1.82, 2.24) is 15.1 Å². The van der Waals surface area contributed by atoms with Crippen molar-refractivity contribution < 1.29 is 18.0 Å². The summed E-state index contributed by atoms with van der Waals surface area (Å²) in [5.41, 5.74) is 0.701. The Hall–Kier alpha value is -2.31. The minimum Gasteiger partial charge on any atom is -0.350 e. The maximum atomic E-state index is 12.4. The summed E-state index contributed by atoms with van der Waals surface area (Å²) >= 11 is 0. The summed E-state index contributed by atoms with van der Waals surface area (Å²) in [6, 6.07) is 8.19. The lowest BCUT2D eigenvalue weighted by atomic mass is 9.87. The second kappa shape index (κ2) is 6.67. The van der Waals surface area contributed by atoms with Crippen molar-refractivity contribution in [2.45, 2.75) is 38.9 Å². The number of alkyl halides is 3. The molecule has 0 unspecified atom stereocenters. The Balaban J connectivity index is 1.88. The summed E-state index contributed by atoms with van der Waals surface area (Å²) in [4.78, 5) is 12.0. The summed E-state index contributed by atoms with van der Waals surface area (Å²) in [6.07, 6.45) is -3.21. The van der Waals surface area contributed by atoms with E-state index in [4.69, 9.17) is 0 Å². The molecule has 1 N–H and O–H groups in total. The number of halogens is 3. The first kappa shape index (κ1) is 18.0. The summed E-state index contributed by atoms with van der Waals surface area (Å²) in [5.74, 6) is -0.265. The van der Waals surface area contributed by atoms with Gasteiger partial charge in [-0.3, -0.25) is 9.48 Å². The molecule has 0 aliphatic rings. The lowest BCUT2D eigenvalue weighted by Crippen LogP contribution is -2.27. The molecule has 1 amide bonds. The molecule has 4 nitrogen and oxygen atoms in total. The summed E-state index contributed by atoms with van der Waals surface area (Å²) in [6.45, 7) is 6.62. The standard InChI is InChI=1S/C17H20F3N3O/c1-16(2,3)13-6-4-12(5-7-13)15(24)21-9-11-23-10-8-14(22-23)17(18,19)20/h4-8,10H,9,11H2,1-3H3,(H,21,24). The fraction of sp³-hybridized carbons (Fsp3) is 0.412. The maximum Gasteiger partial charge on any atom is 0.435 e. The first-order valence-electron chi connectivity index (χ1n) is 7.57. The highest BCUT2D eigenvalue weighted by atomic mass is 19.4. The van der Waals surface area contributed by atoms with Crippen LogP contribution in [0.15, 0.2) is 36.5 Å². The number of nitrogens with one attached hydrogen (secondary N) is 1. The van der Waals surface area contributed by atoms with Crippen LogP contribution >= 0.6 is 0 Å². The van der Waals surface area contributed by atoms with E-state index in [1.165, 1.54) is 6.20 Å². The summed E-state index contributed by atoms with van der Waals surface area (Å²) < 4.78 is 38.5. The molecule has 0 aliphatic carbocycles. The van der Waals surface area contributed by atoms with Gasteiger partial charge in [0.1, 0.15) is 0 Å². The number of carbonyl (C=O) groups excluding carboxylic acids is 1. The van der Waals surface area contributed by atoms with Crippen LogP contribution in [0.25, 0.3) is 0 Å². The molecule has 1 heterocycles. The topological polar surface area (TPSA) is 46.9 Å². The van der Waals surface area contributed by atoms with E-state index < -0.39 is 11.9 Å². The Bertz CT molecular complexity index is 697. The third-order valence-electron chi connectivity index (χ3n) is 3.57. The molecule has 0 saturated carbocycles. The highest BCUT2D eigenvalue weighted by molar-refractivity contribution is 5.94. The molecule has 0 radical (unpaired) electrons. The van der Waals surface area contributed by atoms with Crippen molar-refractivity contribution in [3.05, 3.63) is 53.3 Å². The maximum absolute atomic E-state index is 12.4. The largest absolute Gasteiger partial charge is 0.435 e. The SMILES string of the molecule is CC(C)(C)c1ccc(C(=O)NCCn2ccc(C(F)(F)F)n2)cc1. The molecule has 24 heavy (non-hydrogen) atoms. The number of hydrogen-bond donors (Lipinski definition) is 1. The van der Waals surface area contributed by atoms with Crippen molar-refractivity contribution in [1.29, 1.82) is 0 Å². The molecule has 0 fully saturated rings. The molecular formula is C17H20F3N3O. The monoisotopic (exact) mass is 339 g/mol. The van der Waals surface area contributed by atoms with Gasteiger partial charge in [0, 0.05) is 18.3 Å².